The number of amides is 1. The van der Waals surface area contributed by atoms with Crippen LogP contribution in [0.2, 0.25) is 0 Å². The molecule has 0 heterocycles. The third-order valence-corrected chi connectivity index (χ3v) is 1.29. The van der Waals surface area contributed by atoms with Crippen molar-refractivity contribution >= 4 is 11.9 Å². The van der Waals surface area contributed by atoms with Crippen LogP contribution in [0.5, 0.6) is 5.75 Å². The number of carbonyl (C=O) groups is 2. The van der Waals surface area contributed by atoms with Crippen LogP contribution >= 0.6 is 0 Å². The summed E-state index contributed by atoms with van der Waals surface area (Å²) in [5.41, 5.74) is 4.81. The minimum absolute atomic E-state index is 0.394. The Bertz CT molecular complexity index is 308. The zero-order chi connectivity index (χ0) is 9.68. The number of ether oxygens (including phenoxy) is 1. The average Bonchev–Trinajstić information content (AvgIpc) is 2.04. The molecule has 0 aliphatic carbocycles. The fraction of sp³-hybridized carbons (Fsp3) is 0.111. The molecule has 0 atom stereocenters. The van der Waals surface area contributed by atoms with E-state index in [9.17, 15) is 9.59 Å². The Hall–Kier alpha value is -1.84. The van der Waals surface area contributed by atoms with E-state index in [1.165, 1.54) is 0 Å². The Balaban J connectivity index is 2.50. The molecule has 0 bridgehead atoms. The molecule has 0 unspecified atom stereocenters. The molecule has 4 nitrogen and oxygen atoms in total. The predicted molar refractivity (Wildman–Crippen MR) is 45.9 cm³/mol. The molecule has 0 saturated carbocycles. The quantitative estimate of drug-likeness (QED) is 0.416. The van der Waals surface area contributed by atoms with Gasteiger partial charge in [0.15, 0.2) is 0 Å². The van der Waals surface area contributed by atoms with Gasteiger partial charge in [-0.2, -0.15) is 0 Å². The smallest absolute Gasteiger partial charge is 0.320 e. The van der Waals surface area contributed by atoms with Crippen LogP contribution in [0.15, 0.2) is 30.3 Å². The van der Waals surface area contributed by atoms with E-state index in [0.29, 0.717) is 5.75 Å². The number of nitrogens with two attached hydrogens (primary N) is 1. The highest BCUT2D eigenvalue weighted by atomic mass is 16.5. The topological polar surface area (TPSA) is 69.4 Å². The van der Waals surface area contributed by atoms with E-state index in [2.05, 4.69) is 0 Å². The molecule has 2 N–H and O–H groups in total. The number of hydrogen-bond donors (Lipinski definition) is 1. The van der Waals surface area contributed by atoms with Crippen LogP contribution in [0.25, 0.3) is 0 Å². The van der Waals surface area contributed by atoms with Gasteiger partial charge in [-0.1, -0.05) is 18.2 Å². The maximum absolute atomic E-state index is 10.9. The van der Waals surface area contributed by atoms with Crippen molar-refractivity contribution in [2.75, 3.05) is 0 Å². The van der Waals surface area contributed by atoms with Gasteiger partial charge in [0.2, 0.25) is 5.91 Å². The monoisotopic (exact) mass is 179 g/mol. The minimum atomic E-state index is -0.694. The zero-order valence-electron chi connectivity index (χ0n) is 6.90. The first-order valence-corrected chi connectivity index (χ1v) is 3.72. The molecule has 13 heavy (non-hydrogen) atoms. The Kier molecular flexibility index (Phi) is 3.03. The maximum atomic E-state index is 10.9. The number of benzene rings is 1. The minimum Gasteiger partial charge on any atom is -0.426 e. The molecular formula is C9H9NO3. The normalized spacial score (nSPS) is 9.23. The van der Waals surface area contributed by atoms with Gasteiger partial charge >= 0.3 is 5.97 Å². The van der Waals surface area contributed by atoms with Crippen molar-refractivity contribution in [2.45, 2.75) is 6.42 Å². The van der Waals surface area contributed by atoms with Crippen molar-refractivity contribution in [2.24, 2.45) is 5.73 Å². The number of rotatable bonds is 3. The molecular weight excluding hydrogens is 170 g/mol. The largest absolute Gasteiger partial charge is 0.426 e. The third kappa shape index (κ3) is 3.37. The lowest BCUT2D eigenvalue weighted by Crippen LogP contribution is -2.19. The Morgan fingerprint density at radius 3 is 2.38 bits per heavy atom. The second-order valence-corrected chi connectivity index (χ2v) is 2.43. The Morgan fingerprint density at radius 2 is 1.85 bits per heavy atom. The fourth-order valence-electron chi connectivity index (χ4n) is 0.798. The van der Waals surface area contributed by atoms with Crippen molar-refractivity contribution in [1.29, 1.82) is 0 Å². The SMILES string of the molecule is NC(=O)CC(=O)Oc1ccccc1. The molecule has 1 aromatic rings. The molecule has 0 aliphatic rings. The molecule has 0 spiro atoms. The zero-order valence-corrected chi connectivity index (χ0v) is 6.90. The summed E-state index contributed by atoms with van der Waals surface area (Å²) >= 11 is 0. The first-order chi connectivity index (χ1) is 6.18. The Labute approximate surface area is 75.3 Å². The van der Waals surface area contributed by atoms with Crippen LogP contribution < -0.4 is 10.5 Å². The predicted octanol–water partition coefficient (Wildman–Crippen LogP) is 0.467. The van der Waals surface area contributed by atoms with Crippen LogP contribution in [0.3, 0.4) is 0 Å². The molecule has 1 rings (SSSR count). The van der Waals surface area contributed by atoms with Crippen molar-refractivity contribution in [3.63, 3.8) is 0 Å². The summed E-state index contributed by atoms with van der Waals surface area (Å²) in [7, 11) is 0. The highest BCUT2D eigenvalue weighted by molar-refractivity contribution is 5.94. The van der Waals surface area contributed by atoms with E-state index in [1.807, 2.05) is 0 Å². The number of carbonyl (C=O) groups excluding carboxylic acids is 2. The van der Waals surface area contributed by atoms with Gasteiger partial charge in [-0.15, -0.1) is 0 Å². The highest BCUT2D eigenvalue weighted by Gasteiger charge is 2.07. The molecule has 1 amide bonds. The lowest BCUT2D eigenvalue weighted by atomic mass is 10.3. The second kappa shape index (κ2) is 4.25. The fourth-order valence-corrected chi connectivity index (χ4v) is 0.798. The summed E-state index contributed by atoms with van der Waals surface area (Å²) in [6, 6.07) is 8.50. The van der Waals surface area contributed by atoms with Gasteiger partial charge in [0.1, 0.15) is 12.2 Å². The highest BCUT2D eigenvalue weighted by Crippen LogP contribution is 2.08. The van der Waals surface area contributed by atoms with E-state index in [0.717, 1.165) is 0 Å². The number of para-hydroxylation sites is 1. The van der Waals surface area contributed by atoms with Gasteiger partial charge in [0, 0.05) is 0 Å². The summed E-state index contributed by atoms with van der Waals surface area (Å²) < 4.78 is 4.79. The average molecular weight is 179 g/mol. The lowest BCUT2D eigenvalue weighted by Gasteiger charge is -2.00. The van der Waals surface area contributed by atoms with Crippen molar-refractivity contribution in [3.05, 3.63) is 30.3 Å². The number of hydrogen-bond acceptors (Lipinski definition) is 3. The standard InChI is InChI=1S/C9H9NO3/c10-8(11)6-9(12)13-7-4-2-1-3-5-7/h1-5H,6H2,(H2,10,11). The third-order valence-electron chi connectivity index (χ3n) is 1.29. The van der Waals surface area contributed by atoms with Gasteiger partial charge in [-0.25, -0.2) is 0 Å². The molecule has 0 saturated heterocycles. The van der Waals surface area contributed by atoms with Gasteiger partial charge in [0.25, 0.3) is 0 Å². The Morgan fingerprint density at radius 1 is 1.23 bits per heavy atom. The molecule has 0 aromatic heterocycles. The summed E-state index contributed by atoms with van der Waals surface area (Å²) in [5.74, 6) is -0.923. The van der Waals surface area contributed by atoms with Crippen molar-refractivity contribution in [1.82, 2.24) is 0 Å². The molecule has 0 radical (unpaired) electrons. The van der Waals surface area contributed by atoms with Crippen LogP contribution in [0, 0.1) is 0 Å². The summed E-state index contributed by atoms with van der Waals surface area (Å²) in [6.07, 6.45) is -0.394. The summed E-state index contributed by atoms with van der Waals surface area (Å²) in [5, 5.41) is 0. The van der Waals surface area contributed by atoms with E-state index in [1.54, 1.807) is 30.3 Å². The van der Waals surface area contributed by atoms with Gasteiger partial charge in [-0.3, -0.25) is 9.59 Å². The van der Waals surface area contributed by atoms with Crippen LogP contribution in [0.1, 0.15) is 6.42 Å². The lowest BCUT2D eigenvalue weighted by molar-refractivity contribution is -0.137. The van der Waals surface area contributed by atoms with E-state index >= 15 is 0 Å². The maximum Gasteiger partial charge on any atom is 0.320 e. The molecule has 4 heteroatoms. The first kappa shape index (κ1) is 9.25. The first-order valence-electron chi connectivity index (χ1n) is 3.72. The molecule has 0 fully saturated rings. The van der Waals surface area contributed by atoms with Crippen molar-refractivity contribution in [3.8, 4) is 5.75 Å². The van der Waals surface area contributed by atoms with Crippen LogP contribution in [-0.4, -0.2) is 11.9 Å². The summed E-state index contributed by atoms with van der Waals surface area (Å²) in [4.78, 5) is 21.2. The van der Waals surface area contributed by atoms with Crippen LogP contribution in [-0.2, 0) is 9.59 Å². The summed E-state index contributed by atoms with van der Waals surface area (Å²) in [6.45, 7) is 0. The second-order valence-electron chi connectivity index (χ2n) is 2.43. The molecule has 1 aromatic carbocycles. The molecule has 0 aliphatic heterocycles. The van der Waals surface area contributed by atoms with Gasteiger partial charge < -0.3 is 10.5 Å². The number of primary amides is 1. The molecule has 68 valence electrons. The van der Waals surface area contributed by atoms with E-state index in [4.69, 9.17) is 10.5 Å². The van der Waals surface area contributed by atoms with Crippen molar-refractivity contribution < 1.29 is 14.3 Å². The van der Waals surface area contributed by atoms with E-state index < -0.39 is 18.3 Å². The van der Waals surface area contributed by atoms with E-state index in [-0.39, 0.29) is 0 Å². The van der Waals surface area contributed by atoms with Crippen LogP contribution in [0.4, 0.5) is 0 Å². The van der Waals surface area contributed by atoms with Gasteiger partial charge in [-0.05, 0) is 12.1 Å². The number of esters is 1. The van der Waals surface area contributed by atoms with Gasteiger partial charge in [0.05, 0.1) is 0 Å².